The minimum absolute atomic E-state index is 0.0157. The summed E-state index contributed by atoms with van der Waals surface area (Å²) in [5.41, 5.74) is 0.820. The maximum absolute atomic E-state index is 13.3. The highest BCUT2D eigenvalue weighted by atomic mass is 16.6. The standard InChI is InChI=1S/C30H42N4O4/c1-22(10-8-11-24(3)29-31-16-9-17-32-29)27-23(2)14-15-25(12-6-5-7-13-26(35)28(27)36)38-30(37)34-20-18-33(4)19-21-34/h8-11,14-17,23-25,27H,5-7,12-13,18-21H2,1-4H3/b11-8+,15-14+,22-10+/t23-,24?,25+,27+/m0/s1. The summed E-state index contributed by atoms with van der Waals surface area (Å²) in [5.74, 6) is -0.718. The van der Waals surface area contributed by atoms with Gasteiger partial charge in [0.05, 0.1) is 5.92 Å². The zero-order valence-electron chi connectivity index (χ0n) is 23.2. The lowest BCUT2D eigenvalue weighted by Crippen LogP contribution is -2.47. The average Bonchev–Trinajstić information content (AvgIpc) is 2.91. The van der Waals surface area contributed by atoms with Gasteiger partial charge in [-0.2, -0.15) is 0 Å². The highest BCUT2D eigenvalue weighted by Crippen LogP contribution is 2.26. The predicted octanol–water partition coefficient (Wildman–Crippen LogP) is 4.75. The Morgan fingerprint density at radius 3 is 2.50 bits per heavy atom. The van der Waals surface area contributed by atoms with Gasteiger partial charge in [0.25, 0.3) is 0 Å². The van der Waals surface area contributed by atoms with E-state index < -0.39 is 5.92 Å². The molecule has 1 aliphatic carbocycles. The zero-order chi connectivity index (χ0) is 27.5. The summed E-state index contributed by atoms with van der Waals surface area (Å²) in [6, 6.07) is 1.78. The summed E-state index contributed by atoms with van der Waals surface area (Å²) in [6.07, 6.45) is 15.7. The largest absolute Gasteiger partial charge is 0.442 e. The summed E-state index contributed by atoms with van der Waals surface area (Å²) < 4.78 is 5.89. The van der Waals surface area contributed by atoms with Gasteiger partial charge in [-0.15, -0.1) is 0 Å². The van der Waals surface area contributed by atoms with E-state index in [1.807, 2.05) is 58.2 Å². The second-order valence-electron chi connectivity index (χ2n) is 10.5. The second kappa shape index (κ2) is 14.7. The van der Waals surface area contributed by atoms with Crippen LogP contribution in [0, 0.1) is 11.8 Å². The van der Waals surface area contributed by atoms with Crippen LogP contribution in [0.25, 0.3) is 0 Å². The molecule has 1 aromatic rings. The van der Waals surface area contributed by atoms with E-state index in [1.165, 1.54) is 0 Å². The number of nitrogens with zero attached hydrogens (tertiary/aromatic N) is 4. The van der Waals surface area contributed by atoms with E-state index >= 15 is 0 Å². The zero-order valence-corrected chi connectivity index (χ0v) is 23.2. The highest BCUT2D eigenvalue weighted by molar-refractivity contribution is 6.38. The van der Waals surface area contributed by atoms with Crippen molar-refractivity contribution in [1.82, 2.24) is 19.8 Å². The summed E-state index contributed by atoms with van der Waals surface area (Å²) >= 11 is 0. The van der Waals surface area contributed by atoms with Crippen LogP contribution in [-0.2, 0) is 14.3 Å². The number of likely N-dealkylation sites (N-methyl/N-ethyl adjacent to an activating group) is 1. The summed E-state index contributed by atoms with van der Waals surface area (Å²) in [4.78, 5) is 51.3. The van der Waals surface area contributed by atoms with Crippen molar-refractivity contribution in [2.75, 3.05) is 33.2 Å². The molecule has 0 radical (unpaired) electrons. The van der Waals surface area contributed by atoms with E-state index in [4.69, 9.17) is 4.74 Å². The van der Waals surface area contributed by atoms with Crippen molar-refractivity contribution < 1.29 is 19.1 Å². The minimum atomic E-state index is -0.569. The van der Waals surface area contributed by atoms with Gasteiger partial charge in [0.1, 0.15) is 11.9 Å². The molecule has 1 saturated heterocycles. The number of Topliss-reactive ketones (excluding diaryl/α,β-unsaturated/α-hetero) is 2. The maximum atomic E-state index is 13.3. The average molecular weight is 523 g/mol. The SMILES string of the molecule is C/C(=C\C=C\C(C)c1ncccn1)[C@H]1C(=O)C(=O)CCCCC[C@@H](OC(=O)N2CCN(C)CC2)/C=C/[C@@H]1C. The summed E-state index contributed by atoms with van der Waals surface area (Å²) in [7, 11) is 2.05. The Morgan fingerprint density at radius 1 is 1.08 bits per heavy atom. The Hall–Kier alpha value is -3.13. The van der Waals surface area contributed by atoms with Crippen molar-refractivity contribution in [3.63, 3.8) is 0 Å². The van der Waals surface area contributed by atoms with E-state index in [0.29, 0.717) is 25.9 Å². The lowest BCUT2D eigenvalue weighted by Gasteiger charge is -2.32. The number of rotatable bonds is 5. The van der Waals surface area contributed by atoms with Gasteiger partial charge >= 0.3 is 6.09 Å². The summed E-state index contributed by atoms with van der Waals surface area (Å²) in [6.45, 7) is 8.84. The first-order valence-corrected chi connectivity index (χ1v) is 13.8. The Kier molecular flexibility index (Phi) is 11.4. The first kappa shape index (κ1) is 29.4. The Labute approximate surface area is 226 Å². The smallest absolute Gasteiger partial charge is 0.410 e. The lowest BCUT2D eigenvalue weighted by atomic mass is 9.81. The van der Waals surface area contributed by atoms with Crippen LogP contribution in [-0.4, -0.2) is 76.8 Å². The van der Waals surface area contributed by atoms with Gasteiger partial charge in [-0.25, -0.2) is 14.8 Å². The van der Waals surface area contributed by atoms with Gasteiger partial charge in [0.2, 0.25) is 5.78 Å². The molecule has 0 N–H and O–H groups in total. The first-order chi connectivity index (χ1) is 18.3. The van der Waals surface area contributed by atoms with Crippen LogP contribution < -0.4 is 0 Å². The van der Waals surface area contributed by atoms with E-state index in [0.717, 1.165) is 37.3 Å². The molecule has 0 bridgehead atoms. The number of amides is 1. The first-order valence-electron chi connectivity index (χ1n) is 13.8. The fraction of sp³-hybridized carbons (Fsp3) is 0.567. The number of piperazine rings is 1. The third kappa shape index (κ3) is 8.72. The number of carbonyl (C=O) groups is 3. The van der Waals surface area contributed by atoms with Crippen molar-refractivity contribution in [2.24, 2.45) is 11.8 Å². The number of carbonyl (C=O) groups excluding carboxylic acids is 3. The van der Waals surface area contributed by atoms with Gasteiger partial charge < -0.3 is 14.5 Å². The molecule has 4 atom stereocenters. The third-order valence-electron chi connectivity index (χ3n) is 7.36. The van der Waals surface area contributed by atoms with E-state index in [2.05, 4.69) is 14.9 Å². The number of ketones is 2. The van der Waals surface area contributed by atoms with Crippen LogP contribution in [0.15, 0.2) is 54.4 Å². The van der Waals surface area contributed by atoms with E-state index in [1.54, 1.807) is 23.4 Å². The number of allylic oxidation sites excluding steroid dienone is 5. The molecular formula is C30H42N4O4. The monoisotopic (exact) mass is 522 g/mol. The molecule has 0 spiro atoms. The molecule has 2 aliphatic rings. The van der Waals surface area contributed by atoms with Gasteiger partial charge in [0, 0.05) is 50.9 Å². The minimum Gasteiger partial charge on any atom is -0.442 e. The van der Waals surface area contributed by atoms with Gasteiger partial charge in [0.15, 0.2) is 5.78 Å². The molecule has 1 aromatic heterocycles. The topological polar surface area (TPSA) is 92.7 Å². The molecule has 38 heavy (non-hydrogen) atoms. The fourth-order valence-corrected chi connectivity index (χ4v) is 4.87. The fourth-order valence-electron chi connectivity index (χ4n) is 4.87. The molecule has 2 heterocycles. The van der Waals surface area contributed by atoms with Crippen LogP contribution in [0.2, 0.25) is 0 Å². The number of ether oxygens (including phenoxy) is 1. The highest BCUT2D eigenvalue weighted by Gasteiger charge is 2.30. The number of hydrogen-bond acceptors (Lipinski definition) is 7. The van der Waals surface area contributed by atoms with Crippen molar-refractivity contribution in [1.29, 1.82) is 0 Å². The molecule has 0 saturated carbocycles. The molecule has 8 nitrogen and oxygen atoms in total. The number of aromatic nitrogens is 2. The molecular weight excluding hydrogens is 480 g/mol. The normalized spacial score (nSPS) is 26.5. The maximum Gasteiger partial charge on any atom is 0.410 e. The van der Waals surface area contributed by atoms with E-state index in [-0.39, 0.29) is 42.0 Å². The van der Waals surface area contributed by atoms with Crippen molar-refractivity contribution in [3.8, 4) is 0 Å². The van der Waals surface area contributed by atoms with Crippen LogP contribution in [0.5, 0.6) is 0 Å². The molecule has 3 rings (SSSR count). The molecule has 1 fully saturated rings. The van der Waals surface area contributed by atoms with Crippen molar-refractivity contribution in [2.45, 2.75) is 64.9 Å². The van der Waals surface area contributed by atoms with Gasteiger partial charge in [-0.05, 0) is 51.3 Å². The van der Waals surface area contributed by atoms with Crippen LogP contribution in [0.3, 0.4) is 0 Å². The molecule has 8 heteroatoms. The van der Waals surface area contributed by atoms with Crippen LogP contribution in [0.1, 0.15) is 64.6 Å². The van der Waals surface area contributed by atoms with E-state index in [9.17, 15) is 14.4 Å². The Balaban J connectivity index is 1.74. The molecule has 0 aromatic carbocycles. The lowest BCUT2D eigenvalue weighted by molar-refractivity contribution is -0.139. The Bertz CT molecular complexity index is 1030. The third-order valence-corrected chi connectivity index (χ3v) is 7.36. The van der Waals surface area contributed by atoms with Crippen molar-refractivity contribution >= 4 is 17.7 Å². The van der Waals surface area contributed by atoms with Gasteiger partial charge in [-0.1, -0.05) is 50.1 Å². The molecule has 206 valence electrons. The molecule has 1 unspecified atom stereocenters. The van der Waals surface area contributed by atoms with Crippen LogP contribution in [0.4, 0.5) is 4.79 Å². The predicted molar refractivity (Wildman–Crippen MR) is 148 cm³/mol. The quantitative estimate of drug-likeness (QED) is 0.313. The van der Waals surface area contributed by atoms with Gasteiger partial charge in [-0.3, -0.25) is 9.59 Å². The molecule has 1 amide bonds. The number of hydrogen-bond donors (Lipinski definition) is 0. The second-order valence-corrected chi connectivity index (χ2v) is 10.5. The van der Waals surface area contributed by atoms with Crippen molar-refractivity contribution in [3.05, 3.63) is 60.2 Å². The Morgan fingerprint density at radius 2 is 1.79 bits per heavy atom. The summed E-state index contributed by atoms with van der Waals surface area (Å²) in [5, 5.41) is 0. The van der Waals surface area contributed by atoms with Crippen LogP contribution >= 0.6 is 0 Å². The molecule has 1 aliphatic heterocycles.